The summed E-state index contributed by atoms with van der Waals surface area (Å²) >= 11 is 0. The molecule has 7 nitrogen and oxygen atoms in total. The lowest BCUT2D eigenvalue weighted by Crippen LogP contribution is -2.44. The topological polar surface area (TPSA) is 91.3 Å². The minimum Gasteiger partial charge on any atom is -0.543 e. The lowest BCUT2D eigenvalue weighted by molar-refractivity contribution is -0.144. The Morgan fingerprint density at radius 2 is 1.92 bits per heavy atom. The molecule has 0 amide bonds. The van der Waals surface area contributed by atoms with E-state index >= 15 is 0 Å². The van der Waals surface area contributed by atoms with Crippen LogP contribution >= 0.6 is 0 Å². The van der Waals surface area contributed by atoms with Crippen LogP contribution < -0.4 is 9.16 Å². The van der Waals surface area contributed by atoms with Gasteiger partial charge in [0, 0.05) is 17.7 Å². The maximum absolute atomic E-state index is 12.9. The van der Waals surface area contributed by atoms with Crippen LogP contribution in [0.2, 0.25) is 18.1 Å². The van der Waals surface area contributed by atoms with E-state index in [1.165, 1.54) is 0 Å². The fourth-order valence-corrected chi connectivity index (χ4v) is 5.25. The first-order chi connectivity index (χ1) is 16.8. The summed E-state index contributed by atoms with van der Waals surface area (Å²) in [5.74, 6) is 0.593. The van der Waals surface area contributed by atoms with Crippen molar-refractivity contribution < 1.29 is 33.3 Å². The van der Waals surface area contributed by atoms with Crippen molar-refractivity contribution in [3.63, 3.8) is 0 Å². The Kier molecular flexibility index (Phi) is 10.2. The summed E-state index contributed by atoms with van der Waals surface area (Å²) in [4.78, 5) is 25.1. The van der Waals surface area contributed by atoms with Crippen molar-refractivity contribution in [2.45, 2.75) is 92.0 Å². The van der Waals surface area contributed by atoms with Crippen LogP contribution in [0, 0.1) is 12.8 Å². The van der Waals surface area contributed by atoms with E-state index in [0.29, 0.717) is 42.9 Å². The molecule has 0 aromatic heterocycles. The van der Waals surface area contributed by atoms with Crippen molar-refractivity contribution in [1.29, 1.82) is 0 Å². The molecule has 0 spiro atoms. The summed E-state index contributed by atoms with van der Waals surface area (Å²) in [6, 6.07) is 0. The van der Waals surface area contributed by atoms with E-state index in [-0.39, 0.29) is 42.5 Å². The van der Waals surface area contributed by atoms with E-state index < -0.39 is 8.32 Å². The third kappa shape index (κ3) is 6.71. The molecule has 0 bridgehead atoms. The van der Waals surface area contributed by atoms with Gasteiger partial charge in [0.15, 0.2) is 0 Å². The van der Waals surface area contributed by atoms with Gasteiger partial charge < -0.3 is 23.7 Å². The van der Waals surface area contributed by atoms with Crippen molar-refractivity contribution in [3.8, 4) is 11.5 Å². The van der Waals surface area contributed by atoms with Crippen LogP contribution in [-0.2, 0) is 27.3 Å². The van der Waals surface area contributed by atoms with E-state index in [1.54, 1.807) is 14.0 Å². The van der Waals surface area contributed by atoms with Crippen molar-refractivity contribution in [2.24, 2.45) is 5.92 Å². The van der Waals surface area contributed by atoms with Gasteiger partial charge in [-0.1, -0.05) is 32.4 Å². The first kappa shape index (κ1) is 29.9. The van der Waals surface area contributed by atoms with Crippen molar-refractivity contribution in [3.05, 3.63) is 33.9 Å². The molecule has 0 fully saturated rings. The molecule has 1 aromatic carbocycles. The third-order valence-electron chi connectivity index (χ3n) is 7.49. The molecule has 8 heteroatoms. The molecule has 1 aliphatic heterocycles. The molecule has 1 aliphatic rings. The number of carbonyl (C=O) groups is 2. The molecule has 0 radical (unpaired) electrons. The summed E-state index contributed by atoms with van der Waals surface area (Å²) in [6.07, 6.45) is 4.08. The maximum atomic E-state index is 12.9. The number of benzene rings is 1. The largest absolute Gasteiger partial charge is 0.543 e. The van der Waals surface area contributed by atoms with Crippen LogP contribution in [-0.4, -0.2) is 45.7 Å². The van der Waals surface area contributed by atoms with Crippen molar-refractivity contribution in [2.75, 3.05) is 20.3 Å². The molecule has 1 N–H and O–H groups in total. The molecule has 0 aliphatic carbocycles. The maximum Gasteiger partial charge on any atom is 0.342 e. The van der Waals surface area contributed by atoms with Gasteiger partial charge in [0.2, 0.25) is 0 Å². The highest BCUT2D eigenvalue weighted by Gasteiger charge is 2.42. The molecule has 1 heterocycles. The van der Waals surface area contributed by atoms with Gasteiger partial charge in [0.05, 0.1) is 20.1 Å². The van der Waals surface area contributed by atoms with Crippen LogP contribution in [0.5, 0.6) is 11.5 Å². The number of ether oxygens (including phenoxy) is 3. The molecule has 1 aromatic rings. The third-order valence-corrected chi connectivity index (χ3v) is 11.8. The van der Waals surface area contributed by atoms with Gasteiger partial charge in [-0.15, -0.1) is 0 Å². The number of fused-ring (bicyclic) bond motifs is 1. The summed E-state index contributed by atoms with van der Waals surface area (Å²) < 4.78 is 23.2. The van der Waals surface area contributed by atoms with E-state index in [1.807, 2.05) is 13.8 Å². The second kappa shape index (κ2) is 12.3. The highest BCUT2D eigenvalue weighted by molar-refractivity contribution is 6.74. The fraction of sp³-hybridized carbons (Fsp3) is 0.643. The highest BCUT2D eigenvalue weighted by atomic mass is 28.4. The van der Waals surface area contributed by atoms with Gasteiger partial charge in [-0.05, 0) is 69.6 Å². The van der Waals surface area contributed by atoms with Gasteiger partial charge in [-0.25, -0.2) is 4.79 Å². The zero-order valence-electron chi connectivity index (χ0n) is 23.5. The van der Waals surface area contributed by atoms with Crippen LogP contribution in [0.1, 0.15) is 80.9 Å². The van der Waals surface area contributed by atoms with E-state index in [9.17, 15) is 14.7 Å². The number of cyclic esters (lactones) is 1. The number of aliphatic hydroxyl groups is 1. The molecule has 202 valence electrons. The lowest BCUT2D eigenvalue weighted by Gasteiger charge is -2.37. The van der Waals surface area contributed by atoms with Crippen LogP contribution in [0.3, 0.4) is 0 Å². The Morgan fingerprint density at radius 1 is 1.25 bits per heavy atom. The number of allylic oxidation sites excluding steroid dienone is 2. The first-order valence-corrected chi connectivity index (χ1v) is 15.7. The van der Waals surface area contributed by atoms with Crippen LogP contribution in [0.15, 0.2) is 11.6 Å². The number of hydrogen-bond acceptors (Lipinski definition) is 7. The zero-order chi connectivity index (χ0) is 27.3. The molecule has 1 unspecified atom stereocenters. The monoisotopic (exact) mass is 520 g/mol. The predicted molar refractivity (Wildman–Crippen MR) is 143 cm³/mol. The Bertz CT molecular complexity index is 989. The van der Waals surface area contributed by atoms with Gasteiger partial charge in [-0.3, -0.25) is 4.79 Å². The molecule has 1 atom stereocenters. The first-order valence-electron chi connectivity index (χ1n) is 12.8. The summed E-state index contributed by atoms with van der Waals surface area (Å²) in [5.41, 5.74) is 4.04. The van der Waals surface area contributed by atoms with Gasteiger partial charge in [0.25, 0.3) is 8.32 Å². The standard InChI is InChI=1S/C28H44O7Si/c1-10-33-23(30)16-20(12-11-15-29)18(2)13-14-21-25(32-7)19(3)22-17-34-27(31)24(22)26(21)35-36(8,9)28(4,5)6/h13,20,29H,10-12,14-17H2,1-9H3. The SMILES string of the molecule is CCOC(=O)CC(CCCO)C(C)=CCc1c(OC)c(C)c2c(c1O[Si](C)(C)C(C)(C)C)C(=O)OC2. The van der Waals surface area contributed by atoms with Crippen LogP contribution in [0.4, 0.5) is 0 Å². The predicted octanol–water partition coefficient (Wildman–Crippen LogP) is 5.89. The highest BCUT2D eigenvalue weighted by Crippen LogP contribution is 2.46. The molecule has 0 saturated carbocycles. The molecular weight excluding hydrogens is 476 g/mol. The second-order valence-corrected chi connectivity index (χ2v) is 15.7. The minimum absolute atomic E-state index is 0.0487. The summed E-state index contributed by atoms with van der Waals surface area (Å²) in [7, 11) is -0.670. The van der Waals surface area contributed by atoms with Gasteiger partial charge in [0.1, 0.15) is 23.7 Å². The Morgan fingerprint density at radius 3 is 2.47 bits per heavy atom. The number of methoxy groups -OCH3 is 1. The van der Waals surface area contributed by atoms with Crippen molar-refractivity contribution in [1.82, 2.24) is 0 Å². The fourth-order valence-electron chi connectivity index (χ4n) is 4.21. The van der Waals surface area contributed by atoms with Gasteiger partial charge in [-0.2, -0.15) is 0 Å². The average Bonchev–Trinajstić information content (AvgIpc) is 3.18. The lowest BCUT2D eigenvalue weighted by atomic mass is 9.89. The molecule has 2 rings (SSSR count). The number of rotatable bonds is 12. The molecule has 36 heavy (non-hydrogen) atoms. The second-order valence-electron chi connectivity index (χ2n) is 11.0. The number of aliphatic hydroxyl groups excluding tert-OH is 1. The number of esters is 2. The van der Waals surface area contributed by atoms with E-state index in [0.717, 1.165) is 22.3 Å². The number of carbonyl (C=O) groups excluding carboxylic acids is 2. The number of hydrogen-bond donors (Lipinski definition) is 1. The van der Waals surface area contributed by atoms with Gasteiger partial charge >= 0.3 is 11.9 Å². The van der Waals surface area contributed by atoms with E-state index in [2.05, 4.69) is 39.9 Å². The summed E-state index contributed by atoms with van der Waals surface area (Å²) in [6.45, 7) is 17.1. The summed E-state index contributed by atoms with van der Waals surface area (Å²) in [5, 5.41) is 9.29. The smallest absolute Gasteiger partial charge is 0.342 e. The molecule has 0 saturated heterocycles. The quantitative estimate of drug-likeness (QED) is 0.209. The van der Waals surface area contributed by atoms with Crippen molar-refractivity contribution >= 4 is 20.3 Å². The minimum atomic E-state index is -2.30. The zero-order valence-corrected chi connectivity index (χ0v) is 24.5. The normalized spacial score (nSPS) is 14.8. The Balaban J connectivity index is 2.59. The Labute approximate surface area is 217 Å². The Hall–Kier alpha value is -2.32. The average molecular weight is 521 g/mol. The molecular formula is C28H44O7Si. The van der Waals surface area contributed by atoms with Crippen LogP contribution in [0.25, 0.3) is 0 Å². The van der Waals surface area contributed by atoms with E-state index in [4.69, 9.17) is 18.6 Å².